The Labute approximate surface area is 277 Å². The van der Waals surface area contributed by atoms with Crippen LogP contribution in [-0.4, -0.2) is 65.6 Å². The molecule has 0 bridgehead atoms. The van der Waals surface area contributed by atoms with Gasteiger partial charge in [-0.15, -0.1) is 0 Å². The standard InChI is InChI=1S/C35H42F4N2O7/c1-34(2,3)22-13-8-7-11-20(22)15-26(42)33(46)41-14-10-9-12-21(18-41)32(45)40-25(17-28(44)48-35(4,5)6)27(43)19-47-31-29(38)23(36)16-24(37)30(31)39/h7-8,11,13,16,21,25H,9-10,12,14-15,17-19H2,1-6H3,(H,40,45)/t21-,25-/m0/s1. The van der Waals surface area contributed by atoms with Crippen LogP contribution in [0.15, 0.2) is 30.3 Å². The second kappa shape index (κ2) is 15.7. The van der Waals surface area contributed by atoms with Crippen molar-refractivity contribution in [3.05, 3.63) is 64.7 Å². The molecule has 2 amide bonds. The van der Waals surface area contributed by atoms with Crippen molar-refractivity contribution >= 4 is 29.4 Å². The molecular weight excluding hydrogens is 636 g/mol. The largest absolute Gasteiger partial charge is 0.479 e. The molecule has 0 aliphatic carbocycles. The number of esters is 1. The lowest BCUT2D eigenvalue weighted by atomic mass is 9.82. The van der Waals surface area contributed by atoms with Crippen LogP contribution in [0.3, 0.4) is 0 Å². The number of halogens is 4. The summed E-state index contributed by atoms with van der Waals surface area (Å²) in [6, 6.07) is 5.70. The van der Waals surface area contributed by atoms with E-state index in [0.717, 1.165) is 11.1 Å². The molecule has 9 nitrogen and oxygen atoms in total. The van der Waals surface area contributed by atoms with Crippen LogP contribution in [0, 0.1) is 29.2 Å². The summed E-state index contributed by atoms with van der Waals surface area (Å²) < 4.78 is 65.6. The zero-order valence-electron chi connectivity index (χ0n) is 28.0. The number of carbonyl (C=O) groups excluding carboxylic acids is 5. The van der Waals surface area contributed by atoms with Crippen molar-refractivity contribution in [2.45, 2.75) is 90.7 Å². The third-order valence-corrected chi connectivity index (χ3v) is 7.67. The highest BCUT2D eigenvalue weighted by molar-refractivity contribution is 6.36. The zero-order valence-corrected chi connectivity index (χ0v) is 28.0. The minimum Gasteiger partial charge on any atom is -0.479 e. The van der Waals surface area contributed by atoms with Crippen molar-refractivity contribution in [3.8, 4) is 5.75 Å². The molecule has 48 heavy (non-hydrogen) atoms. The number of ketones is 2. The first-order valence-corrected chi connectivity index (χ1v) is 15.7. The molecule has 1 heterocycles. The number of nitrogens with zero attached hydrogens (tertiary/aromatic N) is 1. The Morgan fingerprint density at radius 1 is 0.938 bits per heavy atom. The molecule has 262 valence electrons. The number of amides is 2. The third-order valence-electron chi connectivity index (χ3n) is 7.67. The van der Waals surface area contributed by atoms with Gasteiger partial charge in [0.05, 0.1) is 12.3 Å². The molecule has 2 aromatic rings. The molecule has 0 radical (unpaired) electrons. The Hall–Kier alpha value is -4.29. The summed E-state index contributed by atoms with van der Waals surface area (Å²) in [7, 11) is 0. The molecule has 2 atom stereocenters. The summed E-state index contributed by atoms with van der Waals surface area (Å²) in [5.74, 6) is -13.7. The van der Waals surface area contributed by atoms with Gasteiger partial charge in [0.15, 0.2) is 23.2 Å². The molecule has 0 unspecified atom stereocenters. The van der Waals surface area contributed by atoms with Gasteiger partial charge in [0.1, 0.15) is 18.2 Å². The minimum atomic E-state index is -1.87. The van der Waals surface area contributed by atoms with Crippen molar-refractivity contribution in [2.24, 2.45) is 5.92 Å². The van der Waals surface area contributed by atoms with Crippen LogP contribution in [0.4, 0.5) is 17.6 Å². The van der Waals surface area contributed by atoms with E-state index in [1.807, 2.05) is 32.9 Å². The molecular formula is C35H42F4N2O7. The number of ether oxygens (including phenoxy) is 2. The van der Waals surface area contributed by atoms with Gasteiger partial charge in [-0.3, -0.25) is 24.0 Å². The van der Waals surface area contributed by atoms with Gasteiger partial charge in [0, 0.05) is 25.6 Å². The summed E-state index contributed by atoms with van der Waals surface area (Å²) in [4.78, 5) is 67.0. The summed E-state index contributed by atoms with van der Waals surface area (Å²) in [5, 5.41) is 2.44. The second-order valence-corrected chi connectivity index (χ2v) is 13.9. The Kier molecular flexibility index (Phi) is 12.5. The van der Waals surface area contributed by atoms with Gasteiger partial charge in [-0.1, -0.05) is 51.5 Å². The first-order chi connectivity index (χ1) is 22.3. The van der Waals surface area contributed by atoms with Gasteiger partial charge in [-0.05, 0) is 50.2 Å². The average Bonchev–Trinajstić information content (AvgIpc) is 3.24. The predicted octanol–water partition coefficient (Wildman–Crippen LogP) is 5.15. The number of Topliss-reactive ketones (excluding diaryl/α,β-unsaturated/α-hetero) is 2. The van der Waals surface area contributed by atoms with Crippen molar-refractivity contribution in [1.82, 2.24) is 10.2 Å². The highest BCUT2D eigenvalue weighted by atomic mass is 19.2. The maximum atomic E-state index is 14.1. The molecule has 0 spiro atoms. The van der Waals surface area contributed by atoms with Gasteiger partial charge in [0.2, 0.25) is 23.3 Å². The van der Waals surface area contributed by atoms with Crippen molar-refractivity contribution in [1.29, 1.82) is 0 Å². The minimum absolute atomic E-state index is 0.0238. The van der Waals surface area contributed by atoms with Gasteiger partial charge in [0.25, 0.3) is 5.91 Å². The van der Waals surface area contributed by atoms with Crippen molar-refractivity contribution in [2.75, 3.05) is 19.7 Å². The number of likely N-dealkylation sites (tertiary alicyclic amines) is 1. The van der Waals surface area contributed by atoms with Crippen molar-refractivity contribution < 1.29 is 51.0 Å². The van der Waals surface area contributed by atoms with Crippen molar-refractivity contribution in [3.63, 3.8) is 0 Å². The fraction of sp³-hybridized carbons (Fsp3) is 0.514. The van der Waals surface area contributed by atoms with E-state index in [4.69, 9.17) is 9.47 Å². The molecule has 0 saturated carbocycles. The Morgan fingerprint density at radius 3 is 2.17 bits per heavy atom. The maximum absolute atomic E-state index is 14.1. The van der Waals surface area contributed by atoms with Gasteiger partial charge in [-0.2, -0.15) is 8.78 Å². The van der Waals surface area contributed by atoms with Gasteiger partial charge >= 0.3 is 5.97 Å². The van der Waals surface area contributed by atoms with E-state index in [-0.39, 0.29) is 31.0 Å². The maximum Gasteiger partial charge on any atom is 0.308 e. The van der Waals surface area contributed by atoms with E-state index < -0.39 is 89.0 Å². The van der Waals surface area contributed by atoms with E-state index in [1.165, 1.54) is 4.90 Å². The second-order valence-electron chi connectivity index (χ2n) is 13.9. The van der Waals surface area contributed by atoms with E-state index in [0.29, 0.717) is 19.3 Å². The predicted molar refractivity (Wildman–Crippen MR) is 167 cm³/mol. The Bertz CT molecular complexity index is 1520. The molecule has 1 N–H and O–H groups in total. The van der Waals surface area contributed by atoms with Gasteiger partial charge < -0.3 is 19.7 Å². The molecule has 13 heteroatoms. The van der Waals surface area contributed by atoms with Gasteiger partial charge in [-0.25, -0.2) is 8.78 Å². The van der Waals surface area contributed by atoms with E-state index >= 15 is 0 Å². The summed E-state index contributed by atoms with van der Waals surface area (Å²) in [6.45, 7) is 9.66. The molecule has 1 saturated heterocycles. The lowest BCUT2D eigenvalue weighted by Crippen LogP contribution is -2.49. The summed E-state index contributed by atoms with van der Waals surface area (Å²) in [6.07, 6.45) is 0.494. The molecule has 1 aliphatic rings. The SMILES string of the molecule is CC(C)(C)OC(=O)C[C@H](NC(=O)[C@H]1CCCCN(C(=O)C(=O)Cc2ccccc2C(C)(C)C)C1)C(=O)COc1c(F)c(F)cc(F)c1F. The molecule has 1 aliphatic heterocycles. The fourth-order valence-corrected chi connectivity index (χ4v) is 5.38. The lowest BCUT2D eigenvalue weighted by molar-refractivity contribution is -0.156. The van der Waals surface area contributed by atoms with E-state index in [2.05, 4.69) is 5.32 Å². The topological polar surface area (TPSA) is 119 Å². The van der Waals surface area contributed by atoms with E-state index in [9.17, 15) is 41.5 Å². The van der Waals surface area contributed by atoms with Crippen LogP contribution >= 0.6 is 0 Å². The number of benzene rings is 2. The Balaban J connectivity index is 1.76. The highest BCUT2D eigenvalue weighted by Crippen LogP contribution is 2.28. The number of nitrogens with one attached hydrogen (secondary N) is 1. The number of rotatable bonds is 11. The third kappa shape index (κ3) is 10.4. The zero-order chi connectivity index (χ0) is 36.0. The first-order valence-electron chi connectivity index (χ1n) is 15.7. The van der Waals surface area contributed by atoms with Crippen LogP contribution in [0.5, 0.6) is 5.75 Å². The highest BCUT2D eigenvalue weighted by Gasteiger charge is 2.34. The quantitative estimate of drug-likeness (QED) is 0.151. The molecule has 1 fully saturated rings. The lowest BCUT2D eigenvalue weighted by Gasteiger charge is -2.26. The normalized spacial score (nSPS) is 16.0. The van der Waals surface area contributed by atoms with E-state index in [1.54, 1.807) is 32.9 Å². The first kappa shape index (κ1) is 38.2. The molecule has 0 aromatic heterocycles. The summed E-state index contributed by atoms with van der Waals surface area (Å²) in [5.41, 5.74) is 0.425. The Morgan fingerprint density at radius 2 is 1.56 bits per heavy atom. The monoisotopic (exact) mass is 678 g/mol. The van der Waals surface area contributed by atoms with Crippen LogP contribution in [0.25, 0.3) is 0 Å². The number of hydrogen-bond acceptors (Lipinski definition) is 7. The van der Waals surface area contributed by atoms with Crippen LogP contribution in [-0.2, 0) is 40.5 Å². The average molecular weight is 679 g/mol. The molecule has 3 rings (SSSR count). The number of hydrogen-bond donors (Lipinski definition) is 1. The summed E-state index contributed by atoms with van der Waals surface area (Å²) >= 11 is 0. The fourth-order valence-electron chi connectivity index (χ4n) is 5.38. The number of carbonyl (C=O) groups is 5. The smallest absolute Gasteiger partial charge is 0.308 e. The van der Waals surface area contributed by atoms with Crippen LogP contribution in [0.1, 0.15) is 78.4 Å². The van der Waals surface area contributed by atoms with Crippen LogP contribution in [0.2, 0.25) is 0 Å². The molecule has 2 aromatic carbocycles. The van der Waals surface area contributed by atoms with Crippen LogP contribution < -0.4 is 10.1 Å².